The number of aryl methyl sites for hydroxylation is 2. The molecule has 19 heavy (non-hydrogen) atoms. The van der Waals surface area contributed by atoms with Gasteiger partial charge in [0.05, 0.1) is 13.0 Å². The number of carbonyl (C=O) groups excluding carboxylic acids is 1. The van der Waals surface area contributed by atoms with E-state index in [9.17, 15) is 4.79 Å². The normalized spacial score (nSPS) is 10.3. The standard InChI is InChI=1S/C15H24N2O2/c1-12-6-4-7-13(2)15(12)19-11-8-14(18)17(3)10-5-9-16/h4,6-7H,5,8-11,16H2,1-3H3. The van der Waals surface area contributed by atoms with Crippen LogP contribution in [0.5, 0.6) is 5.75 Å². The third-order valence-corrected chi connectivity index (χ3v) is 3.09. The van der Waals surface area contributed by atoms with Gasteiger partial charge in [-0.05, 0) is 37.9 Å². The summed E-state index contributed by atoms with van der Waals surface area (Å²) < 4.78 is 5.72. The van der Waals surface area contributed by atoms with Crippen molar-refractivity contribution in [1.29, 1.82) is 0 Å². The highest BCUT2D eigenvalue weighted by Gasteiger charge is 2.09. The number of rotatable bonds is 7. The summed E-state index contributed by atoms with van der Waals surface area (Å²) >= 11 is 0. The molecule has 1 aromatic rings. The Bertz CT molecular complexity index is 398. The molecule has 0 saturated heterocycles. The van der Waals surface area contributed by atoms with Crippen molar-refractivity contribution in [3.05, 3.63) is 29.3 Å². The van der Waals surface area contributed by atoms with Crippen LogP contribution in [0.4, 0.5) is 0 Å². The summed E-state index contributed by atoms with van der Waals surface area (Å²) in [6.45, 7) is 5.75. The van der Waals surface area contributed by atoms with Crippen LogP contribution in [0, 0.1) is 13.8 Å². The van der Waals surface area contributed by atoms with Crippen molar-refractivity contribution in [3.8, 4) is 5.75 Å². The molecular formula is C15H24N2O2. The first-order valence-electron chi connectivity index (χ1n) is 6.69. The zero-order chi connectivity index (χ0) is 14.3. The van der Waals surface area contributed by atoms with Crippen molar-refractivity contribution in [3.63, 3.8) is 0 Å². The first kappa shape index (κ1) is 15.5. The predicted octanol–water partition coefficient (Wildman–Crippen LogP) is 1.88. The highest BCUT2D eigenvalue weighted by atomic mass is 16.5. The number of benzene rings is 1. The van der Waals surface area contributed by atoms with Crippen molar-refractivity contribution in [2.24, 2.45) is 5.73 Å². The van der Waals surface area contributed by atoms with Crippen LogP contribution in [0.1, 0.15) is 24.0 Å². The number of para-hydroxylation sites is 1. The predicted molar refractivity (Wildman–Crippen MR) is 77.3 cm³/mol. The summed E-state index contributed by atoms with van der Waals surface area (Å²) in [6, 6.07) is 6.03. The van der Waals surface area contributed by atoms with Gasteiger partial charge in [0.25, 0.3) is 0 Å². The molecule has 106 valence electrons. The van der Waals surface area contributed by atoms with Crippen LogP contribution in [-0.2, 0) is 4.79 Å². The Morgan fingerprint density at radius 2 is 1.95 bits per heavy atom. The van der Waals surface area contributed by atoms with Gasteiger partial charge in [-0.2, -0.15) is 0 Å². The molecule has 0 unspecified atom stereocenters. The second-order valence-corrected chi connectivity index (χ2v) is 4.78. The molecule has 0 fully saturated rings. The highest BCUT2D eigenvalue weighted by molar-refractivity contribution is 5.75. The van der Waals surface area contributed by atoms with Gasteiger partial charge in [-0.15, -0.1) is 0 Å². The summed E-state index contributed by atoms with van der Waals surface area (Å²) in [6.07, 6.45) is 1.23. The average Bonchev–Trinajstić information content (AvgIpc) is 2.39. The van der Waals surface area contributed by atoms with Gasteiger partial charge in [-0.3, -0.25) is 4.79 Å². The molecular weight excluding hydrogens is 240 g/mol. The summed E-state index contributed by atoms with van der Waals surface area (Å²) in [5.74, 6) is 0.986. The second kappa shape index (κ2) is 7.79. The molecule has 1 aromatic carbocycles. The van der Waals surface area contributed by atoms with E-state index in [1.807, 2.05) is 32.0 Å². The fourth-order valence-electron chi connectivity index (χ4n) is 1.91. The molecule has 1 rings (SSSR count). The molecule has 4 nitrogen and oxygen atoms in total. The van der Waals surface area contributed by atoms with Gasteiger partial charge in [0.1, 0.15) is 5.75 Å². The number of amides is 1. The minimum Gasteiger partial charge on any atom is -0.493 e. The molecule has 0 heterocycles. The van der Waals surface area contributed by atoms with Crippen molar-refractivity contribution in [1.82, 2.24) is 4.90 Å². The first-order chi connectivity index (χ1) is 9.06. The average molecular weight is 264 g/mol. The van der Waals surface area contributed by atoms with Gasteiger partial charge in [0.2, 0.25) is 5.91 Å². The molecule has 0 aliphatic heterocycles. The first-order valence-corrected chi connectivity index (χ1v) is 6.69. The summed E-state index contributed by atoms with van der Waals surface area (Å²) in [4.78, 5) is 13.5. The van der Waals surface area contributed by atoms with Crippen LogP contribution in [0.2, 0.25) is 0 Å². The van der Waals surface area contributed by atoms with E-state index in [0.717, 1.165) is 23.3 Å². The smallest absolute Gasteiger partial charge is 0.225 e. The molecule has 0 atom stereocenters. The number of carbonyl (C=O) groups is 1. The van der Waals surface area contributed by atoms with Gasteiger partial charge >= 0.3 is 0 Å². The molecule has 0 aliphatic rings. The molecule has 0 aliphatic carbocycles. The molecule has 4 heteroatoms. The van der Waals surface area contributed by atoms with Gasteiger partial charge < -0.3 is 15.4 Å². The van der Waals surface area contributed by atoms with Crippen molar-refractivity contribution >= 4 is 5.91 Å². The quantitative estimate of drug-likeness (QED) is 0.818. The molecule has 0 bridgehead atoms. The molecule has 0 radical (unpaired) electrons. The Kier molecular flexibility index (Phi) is 6.36. The largest absolute Gasteiger partial charge is 0.493 e. The molecule has 0 spiro atoms. The number of hydrogen-bond acceptors (Lipinski definition) is 3. The molecule has 0 saturated carbocycles. The van der Waals surface area contributed by atoms with Gasteiger partial charge in [-0.25, -0.2) is 0 Å². The Hall–Kier alpha value is -1.55. The monoisotopic (exact) mass is 264 g/mol. The second-order valence-electron chi connectivity index (χ2n) is 4.78. The maximum Gasteiger partial charge on any atom is 0.225 e. The van der Waals surface area contributed by atoms with E-state index in [1.165, 1.54) is 0 Å². The number of nitrogens with two attached hydrogens (primary N) is 1. The van der Waals surface area contributed by atoms with Crippen LogP contribution in [0.3, 0.4) is 0 Å². The minimum atomic E-state index is 0.0969. The van der Waals surface area contributed by atoms with E-state index in [2.05, 4.69) is 0 Å². The van der Waals surface area contributed by atoms with Gasteiger partial charge in [0.15, 0.2) is 0 Å². The van der Waals surface area contributed by atoms with E-state index in [4.69, 9.17) is 10.5 Å². The van der Waals surface area contributed by atoms with Gasteiger partial charge in [-0.1, -0.05) is 18.2 Å². The van der Waals surface area contributed by atoms with Crippen LogP contribution in [0.15, 0.2) is 18.2 Å². The van der Waals surface area contributed by atoms with Gasteiger partial charge in [0, 0.05) is 13.6 Å². The third kappa shape index (κ3) is 4.91. The SMILES string of the molecule is Cc1cccc(C)c1OCCC(=O)N(C)CCCN. The fourth-order valence-corrected chi connectivity index (χ4v) is 1.91. The Balaban J connectivity index is 2.40. The summed E-state index contributed by atoms with van der Waals surface area (Å²) in [5, 5.41) is 0. The lowest BCUT2D eigenvalue weighted by atomic mass is 10.1. The van der Waals surface area contributed by atoms with Crippen LogP contribution >= 0.6 is 0 Å². The lowest BCUT2D eigenvalue weighted by Gasteiger charge is -2.17. The van der Waals surface area contributed by atoms with E-state index in [1.54, 1.807) is 11.9 Å². The van der Waals surface area contributed by atoms with Crippen molar-refractivity contribution in [2.45, 2.75) is 26.7 Å². The maximum atomic E-state index is 11.8. The number of nitrogens with zero attached hydrogens (tertiary/aromatic N) is 1. The van der Waals surface area contributed by atoms with Crippen molar-refractivity contribution in [2.75, 3.05) is 26.7 Å². The third-order valence-electron chi connectivity index (χ3n) is 3.09. The lowest BCUT2D eigenvalue weighted by Crippen LogP contribution is -2.30. The van der Waals surface area contributed by atoms with E-state index in [-0.39, 0.29) is 5.91 Å². The van der Waals surface area contributed by atoms with E-state index >= 15 is 0 Å². The summed E-state index contributed by atoms with van der Waals surface area (Å²) in [7, 11) is 1.80. The maximum absolute atomic E-state index is 11.8. The highest BCUT2D eigenvalue weighted by Crippen LogP contribution is 2.22. The fraction of sp³-hybridized carbons (Fsp3) is 0.533. The minimum absolute atomic E-state index is 0.0969. The van der Waals surface area contributed by atoms with Crippen LogP contribution < -0.4 is 10.5 Å². The zero-order valence-corrected chi connectivity index (χ0v) is 12.1. The zero-order valence-electron chi connectivity index (χ0n) is 12.1. The summed E-state index contributed by atoms with van der Waals surface area (Å²) in [5.41, 5.74) is 7.63. The van der Waals surface area contributed by atoms with Crippen LogP contribution in [-0.4, -0.2) is 37.6 Å². The molecule has 2 N–H and O–H groups in total. The number of ether oxygens (including phenoxy) is 1. The van der Waals surface area contributed by atoms with E-state index in [0.29, 0.717) is 26.1 Å². The lowest BCUT2D eigenvalue weighted by molar-refractivity contribution is -0.130. The molecule has 0 aromatic heterocycles. The Morgan fingerprint density at radius 1 is 1.32 bits per heavy atom. The topological polar surface area (TPSA) is 55.6 Å². The molecule has 1 amide bonds. The van der Waals surface area contributed by atoms with Crippen LogP contribution in [0.25, 0.3) is 0 Å². The number of hydrogen-bond donors (Lipinski definition) is 1. The van der Waals surface area contributed by atoms with E-state index < -0.39 is 0 Å². The Labute approximate surface area is 115 Å². The van der Waals surface area contributed by atoms with Crippen molar-refractivity contribution < 1.29 is 9.53 Å². The Morgan fingerprint density at radius 3 is 2.53 bits per heavy atom.